The number of rotatable bonds is 5. The standard InChI is InChI=1S/C14H15FN2OS/c1-3-4-12-13(9-18)19-14(16-12)17(2)11-7-5-10(15)6-8-11/h5-9H,3-4H2,1-2H3. The Hall–Kier alpha value is -1.75. The topological polar surface area (TPSA) is 33.2 Å². The van der Waals surface area contributed by atoms with Crippen LogP contribution in [0.5, 0.6) is 0 Å². The molecule has 5 heteroatoms. The number of anilines is 2. The Morgan fingerprint density at radius 2 is 2.05 bits per heavy atom. The van der Waals surface area contributed by atoms with Crippen LogP contribution in [0, 0.1) is 5.82 Å². The van der Waals surface area contributed by atoms with E-state index >= 15 is 0 Å². The SMILES string of the molecule is CCCc1nc(N(C)c2ccc(F)cc2)sc1C=O. The first-order chi connectivity index (χ1) is 9.15. The lowest BCUT2D eigenvalue weighted by molar-refractivity contribution is 0.112. The van der Waals surface area contributed by atoms with Crippen molar-refractivity contribution in [3.63, 3.8) is 0 Å². The Labute approximate surface area is 115 Å². The highest BCUT2D eigenvalue weighted by Gasteiger charge is 2.14. The monoisotopic (exact) mass is 278 g/mol. The summed E-state index contributed by atoms with van der Waals surface area (Å²) in [5, 5.41) is 0.747. The molecule has 19 heavy (non-hydrogen) atoms. The number of halogens is 1. The zero-order valence-electron chi connectivity index (χ0n) is 10.9. The summed E-state index contributed by atoms with van der Waals surface area (Å²) in [7, 11) is 1.86. The van der Waals surface area contributed by atoms with Crippen molar-refractivity contribution in [3.05, 3.63) is 40.7 Å². The minimum Gasteiger partial charge on any atom is -0.321 e. The van der Waals surface area contributed by atoms with Gasteiger partial charge in [0.15, 0.2) is 11.4 Å². The fraction of sp³-hybridized carbons (Fsp3) is 0.286. The number of aryl methyl sites for hydroxylation is 1. The summed E-state index contributed by atoms with van der Waals surface area (Å²) in [5.74, 6) is -0.267. The lowest BCUT2D eigenvalue weighted by Crippen LogP contribution is -2.09. The molecule has 0 amide bonds. The van der Waals surface area contributed by atoms with E-state index in [1.807, 2.05) is 11.9 Å². The molecule has 0 aliphatic heterocycles. The van der Waals surface area contributed by atoms with Gasteiger partial charge in [0, 0.05) is 12.7 Å². The number of benzene rings is 1. The van der Waals surface area contributed by atoms with Crippen molar-refractivity contribution >= 4 is 28.4 Å². The molecule has 3 nitrogen and oxygen atoms in total. The zero-order valence-corrected chi connectivity index (χ0v) is 11.7. The maximum Gasteiger partial charge on any atom is 0.190 e. The first-order valence-electron chi connectivity index (χ1n) is 6.10. The van der Waals surface area contributed by atoms with Crippen LogP contribution in [0.15, 0.2) is 24.3 Å². The Kier molecular flexibility index (Phi) is 4.27. The molecule has 1 heterocycles. The van der Waals surface area contributed by atoms with Gasteiger partial charge < -0.3 is 4.90 Å². The normalized spacial score (nSPS) is 10.5. The predicted molar refractivity (Wildman–Crippen MR) is 76.0 cm³/mol. The quantitative estimate of drug-likeness (QED) is 0.780. The lowest BCUT2D eigenvalue weighted by atomic mass is 10.2. The molecule has 1 aromatic carbocycles. The van der Waals surface area contributed by atoms with Gasteiger partial charge in [-0.25, -0.2) is 9.37 Å². The lowest BCUT2D eigenvalue weighted by Gasteiger charge is -2.15. The van der Waals surface area contributed by atoms with Crippen molar-refractivity contribution < 1.29 is 9.18 Å². The second kappa shape index (κ2) is 5.93. The van der Waals surface area contributed by atoms with Crippen molar-refractivity contribution in [1.29, 1.82) is 0 Å². The molecule has 0 unspecified atom stereocenters. The molecule has 0 aliphatic carbocycles. The molecule has 1 aromatic heterocycles. The van der Waals surface area contributed by atoms with Crippen LogP contribution in [0.3, 0.4) is 0 Å². The largest absolute Gasteiger partial charge is 0.321 e. The summed E-state index contributed by atoms with van der Waals surface area (Å²) < 4.78 is 12.9. The second-order valence-electron chi connectivity index (χ2n) is 4.21. The van der Waals surface area contributed by atoms with Crippen LogP contribution in [-0.4, -0.2) is 18.3 Å². The molecule has 0 saturated heterocycles. The number of carbonyl (C=O) groups excluding carboxylic acids is 1. The first kappa shape index (κ1) is 13.7. The molecule has 0 aliphatic rings. The highest BCUT2D eigenvalue weighted by atomic mass is 32.1. The van der Waals surface area contributed by atoms with Gasteiger partial charge >= 0.3 is 0 Å². The number of thiazole rings is 1. The Balaban J connectivity index is 2.30. The van der Waals surface area contributed by atoms with Crippen LogP contribution in [0.25, 0.3) is 0 Å². The summed E-state index contributed by atoms with van der Waals surface area (Å²) in [5.41, 5.74) is 1.68. The molecule has 0 saturated carbocycles. The van der Waals surface area contributed by atoms with Gasteiger partial charge in [0.05, 0.1) is 10.6 Å². The smallest absolute Gasteiger partial charge is 0.190 e. The molecule has 0 spiro atoms. The van der Waals surface area contributed by atoms with E-state index in [1.165, 1.54) is 23.5 Å². The highest BCUT2D eigenvalue weighted by Crippen LogP contribution is 2.30. The van der Waals surface area contributed by atoms with Crippen LogP contribution < -0.4 is 4.90 Å². The Bertz CT molecular complexity index is 565. The number of nitrogens with zero attached hydrogens (tertiary/aromatic N) is 2. The van der Waals surface area contributed by atoms with Gasteiger partial charge in [-0.05, 0) is 30.7 Å². The van der Waals surface area contributed by atoms with Gasteiger partial charge in [-0.2, -0.15) is 0 Å². The Morgan fingerprint density at radius 3 is 2.63 bits per heavy atom. The first-order valence-corrected chi connectivity index (χ1v) is 6.91. The van der Waals surface area contributed by atoms with Gasteiger partial charge in [-0.3, -0.25) is 4.79 Å². The van der Waals surface area contributed by atoms with Gasteiger partial charge in [0.25, 0.3) is 0 Å². The van der Waals surface area contributed by atoms with E-state index in [-0.39, 0.29) is 5.82 Å². The van der Waals surface area contributed by atoms with E-state index in [9.17, 15) is 9.18 Å². The van der Waals surface area contributed by atoms with Crippen LogP contribution in [0.2, 0.25) is 0 Å². The fourth-order valence-electron chi connectivity index (χ4n) is 1.78. The van der Waals surface area contributed by atoms with E-state index in [0.717, 1.165) is 35.6 Å². The number of aldehydes is 1. The van der Waals surface area contributed by atoms with Crippen molar-refractivity contribution in [2.45, 2.75) is 19.8 Å². The van der Waals surface area contributed by atoms with Crippen LogP contribution in [-0.2, 0) is 6.42 Å². The highest BCUT2D eigenvalue weighted by molar-refractivity contribution is 7.17. The van der Waals surface area contributed by atoms with E-state index in [0.29, 0.717) is 4.88 Å². The summed E-state index contributed by atoms with van der Waals surface area (Å²) in [6.07, 6.45) is 2.59. The van der Waals surface area contributed by atoms with Crippen molar-refractivity contribution in [1.82, 2.24) is 4.98 Å². The van der Waals surface area contributed by atoms with Crippen molar-refractivity contribution in [3.8, 4) is 0 Å². The molecule has 100 valence electrons. The third-order valence-electron chi connectivity index (χ3n) is 2.81. The molecular weight excluding hydrogens is 263 g/mol. The number of hydrogen-bond acceptors (Lipinski definition) is 4. The molecule has 0 atom stereocenters. The average Bonchev–Trinajstić information content (AvgIpc) is 2.82. The molecule has 2 aromatic rings. The zero-order chi connectivity index (χ0) is 13.8. The number of hydrogen-bond donors (Lipinski definition) is 0. The van der Waals surface area contributed by atoms with Crippen LogP contribution in [0.1, 0.15) is 28.7 Å². The second-order valence-corrected chi connectivity index (χ2v) is 5.22. The van der Waals surface area contributed by atoms with E-state index in [2.05, 4.69) is 11.9 Å². The minimum absolute atomic E-state index is 0.267. The molecular formula is C14H15FN2OS. The van der Waals surface area contributed by atoms with Gasteiger partial charge in [-0.1, -0.05) is 24.7 Å². The van der Waals surface area contributed by atoms with Gasteiger partial charge in [0.2, 0.25) is 0 Å². The van der Waals surface area contributed by atoms with E-state index in [1.54, 1.807) is 12.1 Å². The third kappa shape index (κ3) is 2.98. The molecule has 0 N–H and O–H groups in total. The summed E-state index contributed by atoms with van der Waals surface area (Å²) in [6, 6.07) is 6.20. The Morgan fingerprint density at radius 1 is 1.37 bits per heavy atom. The van der Waals surface area contributed by atoms with Crippen LogP contribution >= 0.6 is 11.3 Å². The van der Waals surface area contributed by atoms with Gasteiger partial charge in [-0.15, -0.1) is 0 Å². The predicted octanol–water partition coefficient (Wildman–Crippen LogP) is 3.82. The van der Waals surface area contributed by atoms with Crippen LogP contribution in [0.4, 0.5) is 15.2 Å². The molecule has 0 radical (unpaired) electrons. The van der Waals surface area contributed by atoms with Crippen molar-refractivity contribution in [2.75, 3.05) is 11.9 Å². The van der Waals surface area contributed by atoms with E-state index in [4.69, 9.17) is 0 Å². The number of carbonyl (C=O) groups is 1. The molecule has 0 fully saturated rings. The summed E-state index contributed by atoms with van der Waals surface area (Å²) in [6.45, 7) is 2.05. The summed E-state index contributed by atoms with van der Waals surface area (Å²) >= 11 is 1.36. The van der Waals surface area contributed by atoms with Crippen molar-refractivity contribution in [2.24, 2.45) is 0 Å². The van der Waals surface area contributed by atoms with E-state index < -0.39 is 0 Å². The maximum absolute atomic E-state index is 12.9. The molecule has 2 rings (SSSR count). The van der Waals surface area contributed by atoms with Gasteiger partial charge in [0.1, 0.15) is 5.82 Å². The third-order valence-corrected chi connectivity index (χ3v) is 3.91. The average molecular weight is 278 g/mol. The minimum atomic E-state index is -0.267. The molecule has 0 bridgehead atoms. The number of aromatic nitrogens is 1. The fourth-order valence-corrected chi connectivity index (χ4v) is 2.69. The maximum atomic E-state index is 12.9. The summed E-state index contributed by atoms with van der Waals surface area (Å²) in [4.78, 5) is 18.0.